The molecule has 0 aliphatic carbocycles. The summed E-state index contributed by atoms with van der Waals surface area (Å²) in [5, 5.41) is 2.27. The molecule has 1 saturated heterocycles. The molecule has 0 radical (unpaired) electrons. The summed E-state index contributed by atoms with van der Waals surface area (Å²) >= 11 is 1.11. The van der Waals surface area contributed by atoms with Gasteiger partial charge in [-0.1, -0.05) is 48.2 Å². The van der Waals surface area contributed by atoms with Crippen molar-refractivity contribution in [1.82, 2.24) is 10.2 Å². The molecule has 2 amide bonds. The Kier molecular flexibility index (Phi) is 7.95. The average molecular weight is 464 g/mol. The van der Waals surface area contributed by atoms with Crippen LogP contribution in [-0.4, -0.2) is 40.2 Å². The van der Waals surface area contributed by atoms with Crippen LogP contribution in [0.1, 0.15) is 30.9 Å². The van der Waals surface area contributed by atoms with Gasteiger partial charge in [0.1, 0.15) is 0 Å². The minimum absolute atomic E-state index is 0.0173. The summed E-state index contributed by atoms with van der Waals surface area (Å²) in [6.45, 7) is 2.56. The summed E-state index contributed by atoms with van der Waals surface area (Å²) in [5.41, 5.74) is 0.392. The fourth-order valence-electron chi connectivity index (χ4n) is 3.30. The van der Waals surface area contributed by atoms with Crippen molar-refractivity contribution in [2.75, 3.05) is 13.1 Å². The van der Waals surface area contributed by atoms with E-state index in [2.05, 4.69) is 10.3 Å². The van der Waals surface area contributed by atoms with Crippen LogP contribution in [0, 0.1) is 0 Å². The first kappa shape index (κ1) is 23.8. The highest BCUT2D eigenvalue weighted by Gasteiger charge is 2.36. The number of benzene rings is 2. The number of nitrogens with one attached hydrogen (secondary N) is 1. The lowest BCUT2D eigenvalue weighted by Gasteiger charge is -2.31. The molecule has 0 aromatic heterocycles. The SMILES string of the molecule is CCNC(=O)C1CC(=O)N(CCCc2ccccc2)C(=Nc2cccc(C(F)(F)F)c2)S1. The first-order valence-electron chi connectivity index (χ1n) is 10.3. The smallest absolute Gasteiger partial charge is 0.355 e. The van der Waals surface area contributed by atoms with E-state index in [0.29, 0.717) is 19.5 Å². The standard InChI is InChI=1S/C23H24F3N3O2S/c1-2-27-21(31)19-15-20(30)29(13-7-10-16-8-4-3-5-9-16)22(32-19)28-18-12-6-11-17(14-18)23(24,25)26/h3-6,8-9,11-12,14,19H,2,7,10,13,15H2,1H3,(H,27,31). The maximum absolute atomic E-state index is 13.1. The zero-order valence-electron chi connectivity index (χ0n) is 17.6. The van der Waals surface area contributed by atoms with Crippen LogP contribution in [-0.2, 0) is 22.2 Å². The number of amidine groups is 1. The minimum atomic E-state index is -4.50. The van der Waals surface area contributed by atoms with Crippen molar-refractivity contribution < 1.29 is 22.8 Å². The number of carbonyl (C=O) groups excluding carboxylic acids is 2. The average Bonchev–Trinajstić information content (AvgIpc) is 2.76. The molecule has 1 heterocycles. The van der Waals surface area contributed by atoms with E-state index in [1.807, 2.05) is 30.3 Å². The maximum atomic E-state index is 13.1. The fraction of sp³-hybridized carbons (Fsp3) is 0.348. The number of nitrogens with zero attached hydrogens (tertiary/aromatic N) is 2. The highest BCUT2D eigenvalue weighted by atomic mass is 32.2. The quantitative estimate of drug-likeness (QED) is 0.642. The van der Waals surface area contributed by atoms with Crippen molar-refractivity contribution in [2.45, 2.75) is 37.6 Å². The van der Waals surface area contributed by atoms with Gasteiger partial charge in [0.25, 0.3) is 0 Å². The number of hydrogen-bond donors (Lipinski definition) is 1. The number of halogens is 3. The van der Waals surface area contributed by atoms with E-state index >= 15 is 0 Å². The fourth-order valence-corrected chi connectivity index (χ4v) is 4.45. The number of rotatable bonds is 7. The maximum Gasteiger partial charge on any atom is 0.416 e. The van der Waals surface area contributed by atoms with Gasteiger partial charge in [-0.3, -0.25) is 14.5 Å². The van der Waals surface area contributed by atoms with Gasteiger partial charge in [0.05, 0.1) is 16.5 Å². The first-order valence-corrected chi connectivity index (χ1v) is 11.2. The third-order valence-electron chi connectivity index (χ3n) is 4.87. The molecular formula is C23H24F3N3O2S. The molecular weight excluding hydrogens is 439 g/mol. The molecule has 32 heavy (non-hydrogen) atoms. The van der Waals surface area contributed by atoms with Gasteiger partial charge in [-0.25, -0.2) is 4.99 Å². The predicted molar refractivity (Wildman–Crippen MR) is 120 cm³/mol. The van der Waals surface area contributed by atoms with Crippen LogP contribution < -0.4 is 5.32 Å². The Hall–Kier alpha value is -2.81. The highest BCUT2D eigenvalue weighted by Crippen LogP contribution is 2.33. The van der Waals surface area contributed by atoms with Gasteiger partial charge in [-0.15, -0.1) is 0 Å². The van der Waals surface area contributed by atoms with Crippen molar-refractivity contribution in [2.24, 2.45) is 4.99 Å². The number of aryl methyl sites for hydroxylation is 1. The van der Waals surface area contributed by atoms with E-state index in [1.165, 1.54) is 17.0 Å². The molecule has 1 atom stereocenters. The largest absolute Gasteiger partial charge is 0.416 e. The van der Waals surface area contributed by atoms with Crippen molar-refractivity contribution >= 4 is 34.4 Å². The molecule has 170 valence electrons. The summed E-state index contributed by atoms with van der Waals surface area (Å²) in [5.74, 6) is -0.551. The lowest BCUT2D eigenvalue weighted by molar-refractivity contribution is -0.137. The molecule has 1 fully saturated rings. The Morgan fingerprint density at radius 3 is 2.62 bits per heavy atom. The van der Waals surface area contributed by atoms with E-state index in [9.17, 15) is 22.8 Å². The first-order chi connectivity index (χ1) is 15.3. The molecule has 5 nitrogen and oxygen atoms in total. The molecule has 1 aliphatic heterocycles. The second-order valence-electron chi connectivity index (χ2n) is 7.28. The third-order valence-corrected chi connectivity index (χ3v) is 6.06. The molecule has 3 rings (SSSR count). The number of thioether (sulfide) groups is 1. The molecule has 0 spiro atoms. The van der Waals surface area contributed by atoms with Crippen LogP contribution >= 0.6 is 11.8 Å². The van der Waals surface area contributed by atoms with E-state index in [-0.39, 0.29) is 29.1 Å². The van der Waals surface area contributed by atoms with Gasteiger partial charge in [-0.2, -0.15) is 13.2 Å². The second-order valence-corrected chi connectivity index (χ2v) is 8.45. The number of alkyl halides is 3. The van der Waals surface area contributed by atoms with Crippen LogP contribution in [0.4, 0.5) is 18.9 Å². The van der Waals surface area contributed by atoms with Gasteiger partial charge in [0.2, 0.25) is 11.8 Å². The van der Waals surface area contributed by atoms with Crippen LogP contribution in [0.15, 0.2) is 59.6 Å². The third kappa shape index (κ3) is 6.35. The zero-order valence-corrected chi connectivity index (χ0v) is 18.4. The molecule has 1 unspecified atom stereocenters. The monoisotopic (exact) mass is 463 g/mol. The van der Waals surface area contributed by atoms with E-state index in [0.717, 1.165) is 35.9 Å². The van der Waals surface area contributed by atoms with E-state index < -0.39 is 17.0 Å². The number of carbonyl (C=O) groups is 2. The number of hydrogen-bond acceptors (Lipinski definition) is 4. The molecule has 0 bridgehead atoms. The Morgan fingerprint density at radius 2 is 1.94 bits per heavy atom. The summed E-state index contributed by atoms with van der Waals surface area (Å²) in [7, 11) is 0. The Bertz CT molecular complexity index is 980. The lowest BCUT2D eigenvalue weighted by atomic mass is 10.1. The zero-order chi connectivity index (χ0) is 23.1. The molecule has 0 saturated carbocycles. The second kappa shape index (κ2) is 10.7. The number of aliphatic imine (C=N–C) groups is 1. The van der Waals surface area contributed by atoms with E-state index in [1.54, 1.807) is 6.92 Å². The molecule has 9 heteroatoms. The summed E-state index contributed by atoms with van der Waals surface area (Å²) < 4.78 is 39.3. The van der Waals surface area contributed by atoms with E-state index in [4.69, 9.17) is 0 Å². The van der Waals surface area contributed by atoms with Gasteiger partial charge >= 0.3 is 6.18 Å². The summed E-state index contributed by atoms with van der Waals surface area (Å²) in [4.78, 5) is 31.0. The van der Waals surface area contributed by atoms with Crippen molar-refractivity contribution in [1.29, 1.82) is 0 Å². The van der Waals surface area contributed by atoms with Gasteiger partial charge < -0.3 is 5.32 Å². The van der Waals surface area contributed by atoms with Crippen molar-refractivity contribution in [3.05, 3.63) is 65.7 Å². The Balaban J connectivity index is 1.84. The van der Waals surface area contributed by atoms with Crippen LogP contribution in [0.25, 0.3) is 0 Å². The minimum Gasteiger partial charge on any atom is -0.355 e. The lowest BCUT2D eigenvalue weighted by Crippen LogP contribution is -2.47. The van der Waals surface area contributed by atoms with Gasteiger partial charge in [-0.05, 0) is 43.5 Å². The molecule has 2 aromatic rings. The van der Waals surface area contributed by atoms with Crippen LogP contribution in [0.3, 0.4) is 0 Å². The van der Waals surface area contributed by atoms with Crippen LogP contribution in [0.2, 0.25) is 0 Å². The molecule has 1 N–H and O–H groups in total. The predicted octanol–water partition coefficient (Wildman–Crippen LogP) is 4.80. The van der Waals surface area contributed by atoms with Crippen molar-refractivity contribution in [3.63, 3.8) is 0 Å². The molecule has 1 aliphatic rings. The highest BCUT2D eigenvalue weighted by molar-refractivity contribution is 8.15. The van der Waals surface area contributed by atoms with Gasteiger partial charge in [0.15, 0.2) is 5.17 Å². The Morgan fingerprint density at radius 1 is 1.19 bits per heavy atom. The van der Waals surface area contributed by atoms with Crippen LogP contribution in [0.5, 0.6) is 0 Å². The van der Waals surface area contributed by atoms with Gasteiger partial charge in [0, 0.05) is 19.5 Å². The number of amides is 2. The normalized spacial score (nSPS) is 18.1. The summed E-state index contributed by atoms with van der Waals surface area (Å²) in [6, 6.07) is 14.4. The topological polar surface area (TPSA) is 61.8 Å². The molecule has 2 aromatic carbocycles. The van der Waals surface area contributed by atoms with Crippen molar-refractivity contribution in [3.8, 4) is 0 Å². The summed E-state index contributed by atoms with van der Waals surface area (Å²) in [6.07, 6.45) is -3.08. The Labute approximate surface area is 189 Å².